The van der Waals surface area contributed by atoms with E-state index in [2.05, 4.69) is 10.2 Å². The second kappa shape index (κ2) is 8.08. The minimum Gasteiger partial charge on any atom is -0.494 e. The van der Waals surface area contributed by atoms with Gasteiger partial charge >= 0.3 is 6.18 Å². The van der Waals surface area contributed by atoms with Crippen LogP contribution in [0.1, 0.15) is 24.9 Å². The molecule has 1 aromatic rings. The van der Waals surface area contributed by atoms with E-state index in [-0.39, 0.29) is 12.6 Å². The summed E-state index contributed by atoms with van der Waals surface area (Å²) in [6.07, 6.45) is -3.97. The number of nitrogens with one attached hydrogen (secondary N) is 1. The fourth-order valence-electron chi connectivity index (χ4n) is 1.72. The molecule has 20 heavy (non-hydrogen) atoms. The normalized spacial score (nSPS) is 13.2. The molecule has 0 spiro atoms. The predicted octanol–water partition coefficient (Wildman–Crippen LogP) is 2.56. The molecule has 0 bridgehead atoms. The minimum absolute atomic E-state index is 0.0345. The van der Waals surface area contributed by atoms with Crippen LogP contribution < -0.4 is 16.0 Å². The highest BCUT2D eigenvalue weighted by Crippen LogP contribution is 2.22. The Labute approximate surface area is 116 Å². The molecule has 1 atom stereocenters. The van der Waals surface area contributed by atoms with Gasteiger partial charge in [-0.2, -0.15) is 13.2 Å². The second-order valence-corrected chi connectivity index (χ2v) is 4.18. The molecule has 1 rings (SSSR count). The van der Waals surface area contributed by atoms with Gasteiger partial charge in [0, 0.05) is 12.6 Å². The van der Waals surface area contributed by atoms with Crippen LogP contribution in [-0.2, 0) is 4.74 Å². The average molecular weight is 292 g/mol. The Balaban J connectivity index is 2.51. The van der Waals surface area contributed by atoms with Crippen molar-refractivity contribution >= 4 is 0 Å². The molecule has 1 unspecified atom stereocenters. The number of rotatable bonds is 8. The third-order valence-corrected chi connectivity index (χ3v) is 2.59. The van der Waals surface area contributed by atoms with Gasteiger partial charge in [0.1, 0.15) is 12.4 Å². The fraction of sp³-hybridized carbons (Fsp3) is 0.538. The van der Waals surface area contributed by atoms with E-state index in [4.69, 9.17) is 10.6 Å². The Morgan fingerprint density at radius 3 is 2.70 bits per heavy atom. The van der Waals surface area contributed by atoms with Gasteiger partial charge in [-0.1, -0.05) is 12.1 Å². The van der Waals surface area contributed by atoms with Gasteiger partial charge in [0.2, 0.25) is 0 Å². The zero-order valence-corrected chi connectivity index (χ0v) is 11.2. The number of ether oxygens (including phenoxy) is 2. The van der Waals surface area contributed by atoms with Crippen LogP contribution in [0.15, 0.2) is 24.3 Å². The molecular formula is C13H19F3N2O2. The molecule has 0 aliphatic rings. The van der Waals surface area contributed by atoms with Gasteiger partial charge in [0.05, 0.1) is 6.61 Å². The number of halogens is 3. The average Bonchev–Trinajstić information content (AvgIpc) is 2.38. The number of benzene rings is 1. The molecule has 3 N–H and O–H groups in total. The molecule has 0 aromatic heterocycles. The molecule has 1 aromatic carbocycles. The number of alkyl halides is 3. The summed E-state index contributed by atoms with van der Waals surface area (Å²) in [7, 11) is 0. The maximum absolute atomic E-state index is 11.9. The van der Waals surface area contributed by atoms with Crippen LogP contribution in [0.2, 0.25) is 0 Å². The quantitative estimate of drug-likeness (QED) is 0.439. The first-order valence-corrected chi connectivity index (χ1v) is 6.29. The van der Waals surface area contributed by atoms with Crippen LogP contribution >= 0.6 is 0 Å². The number of hydrogen-bond donors (Lipinski definition) is 2. The highest BCUT2D eigenvalue weighted by Gasteiger charge is 2.27. The monoisotopic (exact) mass is 292 g/mol. The maximum atomic E-state index is 11.9. The first kappa shape index (κ1) is 16.7. The molecule has 0 saturated carbocycles. The summed E-state index contributed by atoms with van der Waals surface area (Å²) in [6, 6.07) is 6.96. The van der Waals surface area contributed by atoms with E-state index in [1.54, 1.807) is 18.2 Å². The van der Waals surface area contributed by atoms with Crippen LogP contribution in [0.5, 0.6) is 5.75 Å². The van der Waals surface area contributed by atoms with Crippen molar-refractivity contribution in [1.82, 2.24) is 5.43 Å². The van der Waals surface area contributed by atoms with Gasteiger partial charge in [-0.05, 0) is 31.0 Å². The molecule has 0 radical (unpaired) electrons. The summed E-state index contributed by atoms with van der Waals surface area (Å²) in [5, 5.41) is 0. The highest BCUT2D eigenvalue weighted by atomic mass is 19.4. The number of hydrogen-bond acceptors (Lipinski definition) is 4. The molecule has 114 valence electrons. The van der Waals surface area contributed by atoms with E-state index >= 15 is 0 Å². The molecule has 0 aliphatic carbocycles. The maximum Gasteiger partial charge on any atom is 0.411 e. The van der Waals surface area contributed by atoms with E-state index < -0.39 is 12.8 Å². The van der Waals surface area contributed by atoms with Crippen molar-refractivity contribution in [2.75, 3.05) is 19.8 Å². The van der Waals surface area contributed by atoms with Crippen molar-refractivity contribution in [1.29, 1.82) is 0 Å². The van der Waals surface area contributed by atoms with Crippen molar-refractivity contribution in [3.8, 4) is 5.75 Å². The molecule has 0 saturated heterocycles. The molecule has 0 heterocycles. The zero-order chi connectivity index (χ0) is 15.0. The summed E-state index contributed by atoms with van der Waals surface area (Å²) in [5.41, 5.74) is 3.41. The molecule has 4 nitrogen and oxygen atoms in total. The van der Waals surface area contributed by atoms with Crippen LogP contribution in [0.25, 0.3) is 0 Å². The molecule has 7 heteroatoms. The van der Waals surface area contributed by atoms with E-state index in [1.807, 2.05) is 13.0 Å². The Kier molecular flexibility index (Phi) is 6.77. The Bertz CT molecular complexity index is 399. The van der Waals surface area contributed by atoms with Crippen LogP contribution in [0.4, 0.5) is 13.2 Å². The Hall–Kier alpha value is -1.31. The van der Waals surface area contributed by atoms with Crippen molar-refractivity contribution in [3.05, 3.63) is 29.8 Å². The predicted molar refractivity (Wildman–Crippen MR) is 69.2 cm³/mol. The third-order valence-electron chi connectivity index (χ3n) is 2.59. The first-order valence-electron chi connectivity index (χ1n) is 6.29. The minimum atomic E-state index is -4.31. The van der Waals surface area contributed by atoms with Crippen LogP contribution in [0.3, 0.4) is 0 Å². The molecular weight excluding hydrogens is 273 g/mol. The number of hydrazine groups is 1. The van der Waals surface area contributed by atoms with Gasteiger partial charge < -0.3 is 9.47 Å². The zero-order valence-electron chi connectivity index (χ0n) is 11.2. The van der Waals surface area contributed by atoms with E-state index in [0.717, 1.165) is 5.56 Å². The van der Waals surface area contributed by atoms with Gasteiger partial charge in [0.25, 0.3) is 0 Å². The second-order valence-electron chi connectivity index (χ2n) is 4.18. The number of nitrogens with two attached hydrogens (primary N) is 1. The summed E-state index contributed by atoms with van der Waals surface area (Å²) in [6.45, 7) is 1.13. The topological polar surface area (TPSA) is 56.5 Å². The standard InChI is InChI=1S/C13H19F3N2O2/c1-2-20-11-5-3-4-10(8-11)12(18-17)6-7-19-9-13(14,15)16/h3-5,8,12,18H,2,6-7,9,17H2,1H3. The third kappa shape index (κ3) is 6.23. The van der Waals surface area contributed by atoms with E-state index in [9.17, 15) is 13.2 Å². The lowest BCUT2D eigenvalue weighted by Gasteiger charge is -2.17. The lowest BCUT2D eigenvalue weighted by Crippen LogP contribution is -2.29. The van der Waals surface area contributed by atoms with E-state index in [1.165, 1.54) is 0 Å². The van der Waals surface area contributed by atoms with E-state index in [0.29, 0.717) is 18.8 Å². The smallest absolute Gasteiger partial charge is 0.411 e. The Morgan fingerprint density at radius 1 is 1.35 bits per heavy atom. The fourth-order valence-corrected chi connectivity index (χ4v) is 1.72. The lowest BCUT2D eigenvalue weighted by atomic mass is 10.0. The van der Waals surface area contributed by atoms with Gasteiger partial charge in [-0.15, -0.1) is 0 Å². The first-order chi connectivity index (χ1) is 9.46. The molecule has 0 amide bonds. The van der Waals surface area contributed by atoms with Gasteiger partial charge in [0.15, 0.2) is 0 Å². The van der Waals surface area contributed by atoms with Crippen molar-refractivity contribution in [3.63, 3.8) is 0 Å². The largest absolute Gasteiger partial charge is 0.494 e. The van der Waals surface area contributed by atoms with Crippen LogP contribution in [0, 0.1) is 0 Å². The summed E-state index contributed by atoms with van der Waals surface area (Å²) < 4.78 is 45.8. The Morgan fingerprint density at radius 2 is 2.10 bits per heavy atom. The van der Waals surface area contributed by atoms with Gasteiger partial charge in [-0.3, -0.25) is 11.3 Å². The molecule has 0 aliphatic heterocycles. The van der Waals surface area contributed by atoms with Crippen molar-refractivity contribution < 1.29 is 22.6 Å². The molecule has 0 fully saturated rings. The van der Waals surface area contributed by atoms with Crippen molar-refractivity contribution in [2.24, 2.45) is 5.84 Å². The SMILES string of the molecule is CCOc1cccc(C(CCOCC(F)(F)F)NN)c1. The summed E-state index contributed by atoms with van der Waals surface area (Å²) >= 11 is 0. The lowest BCUT2D eigenvalue weighted by molar-refractivity contribution is -0.174. The van der Waals surface area contributed by atoms with Crippen molar-refractivity contribution in [2.45, 2.75) is 25.6 Å². The highest BCUT2D eigenvalue weighted by molar-refractivity contribution is 5.30. The van der Waals surface area contributed by atoms with Gasteiger partial charge in [-0.25, -0.2) is 0 Å². The summed E-state index contributed by atoms with van der Waals surface area (Å²) in [4.78, 5) is 0. The van der Waals surface area contributed by atoms with Crippen LogP contribution in [-0.4, -0.2) is 26.0 Å². The summed E-state index contributed by atoms with van der Waals surface area (Å²) in [5.74, 6) is 6.12.